The minimum absolute atomic E-state index is 0. The number of rotatable bonds is 7. The van der Waals surface area contributed by atoms with Crippen LogP contribution in [0.1, 0.15) is 32.1 Å². The smallest absolute Gasteiger partial charge is 0.213 e. The highest BCUT2D eigenvalue weighted by atomic mass is 127. The van der Waals surface area contributed by atoms with Crippen LogP contribution in [0.4, 0.5) is 0 Å². The SMILES string of the molecule is CN=C(NCCS(=O)(=O)NCC1CCC1)NC1CCCSC1.I. The van der Waals surface area contributed by atoms with Gasteiger partial charge in [0.1, 0.15) is 0 Å². The summed E-state index contributed by atoms with van der Waals surface area (Å²) in [5, 5.41) is 6.46. The molecule has 1 saturated carbocycles. The number of guanidine groups is 1. The van der Waals surface area contributed by atoms with Crippen molar-refractivity contribution in [3.8, 4) is 0 Å². The molecule has 0 radical (unpaired) electrons. The Bertz CT molecular complexity index is 463. The van der Waals surface area contributed by atoms with Gasteiger partial charge in [0.05, 0.1) is 5.75 Å². The van der Waals surface area contributed by atoms with E-state index in [0.717, 1.165) is 25.0 Å². The summed E-state index contributed by atoms with van der Waals surface area (Å²) in [6.45, 7) is 0.966. The first-order valence-corrected chi connectivity index (χ1v) is 10.9. The van der Waals surface area contributed by atoms with E-state index in [1.54, 1.807) is 7.05 Å². The molecule has 9 heteroatoms. The van der Waals surface area contributed by atoms with Crippen molar-refractivity contribution < 1.29 is 8.42 Å². The van der Waals surface area contributed by atoms with E-state index in [4.69, 9.17) is 0 Å². The van der Waals surface area contributed by atoms with Crippen molar-refractivity contribution in [2.75, 3.05) is 37.4 Å². The van der Waals surface area contributed by atoms with Crippen molar-refractivity contribution in [3.05, 3.63) is 0 Å². The molecule has 1 unspecified atom stereocenters. The number of thioether (sulfide) groups is 1. The Balaban J connectivity index is 0.00000264. The molecule has 3 N–H and O–H groups in total. The first kappa shape index (κ1) is 21.3. The molecule has 136 valence electrons. The number of sulfonamides is 1. The van der Waals surface area contributed by atoms with Crippen molar-refractivity contribution in [1.29, 1.82) is 0 Å². The molecular weight excluding hydrogens is 447 g/mol. The minimum atomic E-state index is -3.19. The largest absolute Gasteiger partial charge is 0.355 e. The lowest BCUT2D eigenvalue weighted by atomic mass is 9.86. The van der Waals surface area contributed by atoms with E-state index in [1.807, 2.05) is 11.8 Å². The highest BCUT2D eigenvalue weighted by Gasteiger charge is 2.20. The molecule has 6 nitrogen and oxygen atoms in total. The average Bonchev–Trinajstić information content (AvgIpc) is 2.45. The minimum Gasteiger partial charge on any atom is -0.355 e. The molecule has 0 spiro atoms. The fraction of sp³-hybridized carbons (Fsp3) is 0.929. The number of aliphatic imine (C=N–C) groups is 1. The van der Waals surface area contributed by atoms with E-state index in [1.165, 1.54) is 18.6 Å². The zero-order valence-electron chi connectivity index (χ0n) is 13.7. The second-order valence-corrected chi connectivity index (χ2v) is 9.10. The molecule has 1 atom stereocenters. The van der Waals surface area contributed by atoms with E-state index in [9.17, 15) is 8.42 Å². The molecule has 0 bridgehead atoms. The number of hydrogen-bond acceptors (Lipinski definition) is 4. The lowest BCUT2D eigenvalue weighted by Crippen LogP contribution is -2.47. The van der Waals surface area contributed by atoms with Crippen LogP contribution in [0.25, 0.3) is 0 Å². The Morgan fingerprint density at radius 1 is 1.26 bits per heavy atom. The molecule has 1 aliphatic heterocycles. The van der Waals surface area contributed by atoms with Crippen molar-refractivity contribution in [1.82, 2.24) is 15.4 Å². The fourth-order valence-electron chi connectivity index (χ4n) is 2.56. The molecule has 2 fully saturated rings. The van der Waals surface area contributed by atoms with Crippen molar-refractivity contribution in [2.24, 2.45) is 10.9 Å². The van der Waals surface area contributed by atoms with Crippen molar-refractivity contribution >= 4 is 51.7 Å². The number of nitrogens with one attached hydrogen (secondary N) is 3. The van der Waals surface area contributed by atoms with Gasteiger partial charge in [-0.15, -0.1) is 24.0 Å². The third-order valence-electron chi connectivity index (χ3n) is 4.20. The van der Waals surface area contributed by atoms with Crippen LogP contribution >= 0.6 is 35.7 Å². The van der Waals surface area contributed by atoms with Crippen LogP contribution in [-0.2, 0) is 10.0 Å². The standard InChI is InChI=1S/C14H28N4O2S2.HI/c1-15-14(18-13-6-3-8-21-11-13)16-7-9-22(19,20)17-10-12-4-2-5-12;/h12-13,17H,2-11H2,1H3,(H2,15,16,18);1H. The fourth-order valence-corrected chi connectivity index (χ4v) is 4.64. The van der Waals surface area contributed by atoms with Gasteiger partial charge in [0.2, 0.25) is 10.0 Å². The first-order chi connectivity index (χ1) is 10.6. The lowest BCUT2D eigenvalue weighted by Gasteiger charge is -2.25. The zero-order valence-corrected chi connectivity index (χ0v) is 17.7. The van der Waals surface area contributed by atoms with Crippen LogP contribution in [0.15, 0.2) is 4.99 Å². The maximum atomic E-state index is 11.9. The molecule has 1 saturated heterocycles. The van der Waals surface area contributed by atoms with E-state index in [-0.39, 0.29) is 29.7 Å². The van der Waals surface area contributed by atoms with Gasteiger partial charge in [-0.2, -0.15) is 11.8 Å². The monoisotopic (exact) mass is 476 g/mol. The summed E-state index contributed by atoms with van der Waals surface area (Å²) in [7, 11) is -1.47. The molecule has 0 aromatic heterocycles. The average molecular weight is 476 g/mol. The lowest BCUT2D eigenvalue weighted by molar-refractivity contribution is 0.316. The van der Waals surface area contributed by atoms with Gasteiger partial charge in [-0.25, -0.2) is 13.1 Å². The molecule has 1 aliphatic carbocycles. The van der Waals surface area contributed by atoms with Gasteiger partial charge < -0.3 is 10.6 Å². The van der Waals surface area contributed by atoms with Gasteiger partial charge in [0.15, 0.2) is 5.96 Å². The summed E-state index contributed by atoms with van der Waals surface area (Å²) in [6, 6.07) is 0.429. The molecule has 2 rings (SSSR count). The van der Waals surface area contributed by atoms with Gasteiger partial charge >= 0.3 is 0 Å². The van der Waals surface area contributed by atoms with Crippen LogP contribution in [-0.4, -0.2) is 57.8 Å². The summed E-state index contributed by atoms with van der Waals surface area (Å²) >= 11 is 1.95. The van der Waals surface area contributed by atoms with Gasteiger partial charge in [-0.3, -0.25) is 4.99 Å². The second kappa shape index (κ2) is 11.0. The molecule has 1 heterocycles. The normalized spacial score (nSPS) is 22.8. The number of hydrogen-bond donors (Lipinski definition) is 3. The number of nitrogens with zero attached hydrogens (tertiary/aromatic N) is 1. The van der Waals surface area contributed by atoms with Gasteiger partial charge in [-0.1, -0.05) is 6.42 Å². The number of halogens is 1. The molecule has 23 heavy (non-hydrogen) atoms. The molecular formula is C14H29IN4O2S2. The summed E-state index contributed by atoms with van der Waals surface area (Å²) in [5.74, 6) is 3.64. The summed E-state index contributed by atoms with van der Waals surface area (Å²) in [5.41, 5.74) is 0. The maximum Gasteiger partial charge on any atom is 0.213 e. The highest BCUT2D eigenvalue weighted by molar-refractivity contribution is 14.0. The van der Waals surface area contributed by atoms with Crippen LogP contribution in [0.2, 0.25) is 0 Å². The summed E-state index contributed by atoms with van der Waals surface area (Å²) < 4.78 is 26.5. The van der Waals surface area contributed by atoms with Crippen molar-refractivity contribution in [2.45, 2.75) is 38.1 Å². The first-order valence-electron chi connectivity index (χ1n) is 8.11. The van der Waals surface area contributed by atoms with Gasteiger partial charge in [0.25, 0.3) is 0 Å². The van der Waals surface area contributed by atoms with Crippen LogP contribution in [0.5, 0.6) is 0 Å². The second-order valence-electron chi connectivity index (χ2n) is 6.02. The molecule has 0 amide bonds. The summed E-state index contributed by atoms with van der Waals surface area (Å²) in [4.78, 5) is 4.17. The third-order valence-corrected chi connectivity index (χ3v) is 6.77. The molecule has 0 aromatic rings. The molecule has 0 aromatic carbocycles. The Morgan fingerprint density at radius 2 is 2.04 bits per heavy atom. The van der Waals surface area contributed by atoms with E-state index >= 15 is 0 Å². The quantitative estimate of drug-likeness (QED) is 0.294. The third kappa shape index (κ3) is 8.26. The van der Waals surface area contributed by atoms with Gasteiger partial charge in [0, 0.05) is 31.9 Å². The van der Waals surface area contributed by atoms with E-state index in [0.29, 0.717) is 31.0 Å². The zero-order chi connectivity index (χ0) is 15.8. The van der Waals surface area contributed by atoms with Gasteiger partial charge in [-0.05, 0) is 37.4 Å². The van der Waals surface area contributed by atoms with Crippen LogP contribution < -0.4 is 15.4 Å². The predicted molar refractivity (Wildman–Crippen MR) is 109 cm³/mol. The molecule has 2 aliphatic rings. The Morgan fingerprint density at radius 3 is 2.61 bits per heavy atom. The Kier molecular flexibility index (Phi) is 10.2. The topological polar surface area (TPSA) is 82.6 Å². The maximum absolute atomic E-state index is 11.9. The van der Waals surface area contributed by atoms with Crippen LogP contribution in [0, 0.1) is 5.92 Å². The summed E-state index contributed by atoms with van der Waals surface area (Å²) in [6.07, 6.45) is 5.90. The van der Waals surface area contributed by atoms with Crippen LogP contribution in [0.3, 0.4) is 0 Å². The predicted octanol–water partition coefficient (Wildman–Crippen LogP) is 1.38. The van der Waals surface area contributed by atoms with E-state index in [2.05, 4.69) is 20.3 Å². The van der Waals surface area contributed by atoms with Crippen molar-refractivity contribution in [3.63, 3.8) is 0 Å². The Hall–Kier alpha value is 0.260. The highest BCUT2D eigenvalue weighted by Crippen LogP contribution is 2.25. The van der Waals surface area contributed by atoms with E-state index < -0.39 is 10.0 Å². The Labute approximate surface area is 161 Å².